The fraction of sp³-hybridized carbons (Fsp3) is 0.857. The Balaban J connectivity index is 2.91. The Morgan fingerprint density at radius 2 is 1.70 bits per heavy atom. The number of carbonyl (C=O) groups is 1. The maximum atomic E-state index is 11.8. The minimum atomic E-state index is -4.81. The van der Waals surface area contributed by atoms with Crippen LogP contribution < -0.4 is 5.32 Å². The van der Waals surface area contributed by atoms with E-state index in [-0.39, 0.29) is 6.61 Å². The number of alkyl carbamates (subject to hydrolysis) is 1. The molecule has 0 radical (unpaired) electrons. The van der Waals surface area contributed by atoms with E-state index in [1.54, 1.807) is 0 Å². The molecule has 0 spiro atoms. The maximum absolute atomic E-state index is 11.8. The number of rotatable bonds is 6. The molecule has 1 fully saturated rings. The average Bonchev–Trinajstić information content (AvgIpc) is 2.53. The summed E-state index contributed by atoms with van der Waals surface area (Å²) in [5.74, 6) is -3.45. The van der Waals surface area contributed by atoms with Crippen molar-refractivity contribution in [3.05, 3.63) is 0 Å². The minimum absolute atomic E-state index is 0.334. The first kappa shape index (κ1) is 17.1. The summed E-state index contributed by atoms with van der Waals surface area (Å²) in [6.45, 7) is 0.937. The van der Waals surface area contributed by atoms with Gasteiger partial charge in [0.15, 0.2) is 0 Å². The first-order chi connectivity index (χ1) is 8.77. The van der Waals surface area contributed by atoms with E-state index in [1.807, 2.05) is 0 Å². The topological polar surface area (TPSA) is 161 Å². The Labute approximate surface area is 115 Å². The summed E-state index contributed by atoms with van der Waals surface area (Å²) in [6.07, 6.45) is -0.877. The van der Waals surface area contributed by atoms with Crippen LogP contribution in [0, 0.1) is 0 Å². The van der Waals surface area contributed by atoms with E-state index in [9.17, 15) is 30.0 Å². The van der Waals surface area contributed by atoms with Gasteiger partial charge in [-0.1, -0.05) is 0 Å². The lowest BCUT2D eigenvalue weighted by Crippen LogP contribution is -2.48. The molecule has 1 saturated heterocycles. The van der Waals surface area contributed by atoms with Gasteiger partial charge in [0.05, 0.1) is 22.8 Å². The smallest absolute Gasteiger partial charge is 0.407 e. The molecule has 0 aromatic heterocycles. The molecule has 0 saturated carbocycles. The van der Waals surface area contributed by atoms with Crippen molar-refractivity contribution >= 4 is 33.9 Å². The van der Waals surface area contributed by atoms with Crippen LogP contribution in [0.1, 0.15) is 6.92 Å². The van der Waals surface area contributed by atoms with Gasteiger partial charge in [0.2, 0.25) is 0 Å². The second-order valence-electron chi connectivity index (χ2n) is 4.51. The molecule has 1 aliphatic rings. The molecule has 1 amide bonds. The van der Waals surface area contributed by atoms with Gasteiger partial charge in [-0.25, -0.2) is 21.6 Å². The average molecular weight is 351 g/mol. The SMILES string of the molecule is CC1(CS(=O)(=O)S(=O)(=O)CCS(=O)(=O)O)COC(=O)N1. The van der Waals surface area contributed by atoms with Crippen LogP contribution in [-0.4, -0.2) is 65.3 Å². The second kappa shape index (κ2) is 5.13. The highest BCUT2D eigenvalue weighted by molar-refractivity contribution is 8.67. The van der Waals surface area contributed by atoms with Gasteiger partial charge in [-0.05, 0) is 6.92 Å². The summed E-state index contributed by atoms with van der Waals surface area (Å²) < 4.78 is 80.6. The van der Waals surface area contributed by atoms with Crippen molar-refractivity contribution in [1.82, 2.24) is 5.32 Å². The highest BCUT2D eigenvalue weighted by atomic mass is 33.2. The molecule has 20 heavy (non-hydrogen) atoms. The summed E-state index contributed by atoms with van der Waals surface area (Å²) in [5.41, 5.74) is -1.42. The number of amides is 1. The quantitative estimate of drug-likeness (QED) is 0.412. The predicted octanol–water partition coefficient (Wildman–Crippen LogP) is -1.88. The summed E-state index contributed by atoms with van der Waals surface area (Å²) in [6, 6.07) is 0. The molecule has 0 aromatic carbocycles. The van der Waals surface area contributed by atoms with Crippen LogP contribution in [0.15, 0.2) is 0 Å². The molecule has 0 aromatic rings. The minimum Gasteiger partial charge on any atom is -0.447 e. The Morgan fingerprint density at radius 1 is 1.15 bits per heavy atom. The van der Waals surface area contributed by atoms with E-state index >= 15 is 0 Å². The van der Waals surface area contributed by atoms with Crippen molar-refractivity contribution < 1.29 is 39.3 Å². The molecule has 1 atom stereocenters. The first-order valence-electron chi connectivity index (χ1n) is 5.12. The standard InChI is InChI=1S/C7H13NO9S3/c1-7(4-17-6(9)8-7)5-20(15,16)19(13,14)3-2-18(10,11)12/h2-5H2,1H3,(H,8,9)(H,10,11,12). The number of nitrogens with one attached hydrogen (secondary N) is 1. The normalized spacial score (nSPS) is 24.2. The molecule has 118 valence electrons. The largest absolute Gasteiger partial charge is 0.447 e. The van der Waals surface area contributed by atoms with E-state index < -0.39 is 56.7 Å². The van der Waals surface area contributed by atoms with Crippen LogP contribution in [0.3, 0.4) is 0 Å². The summed E-state index contributed by atoms with van der Waals surface area (Å²) in [5, 5.41) is 2.16. The predicted molar refractivity (Wildman–Crippen MR) is 66.9 cm³/mol. The van der Waals surface area contributed by atoms with Gasteiger partial charge >= 0.3 is 6.09 Å². The van der Waals surface area contributed by atoms with Gasteiger partial charge in [-0.3, -0.25) is 4.55 Å². The van der Waals surface area contributed by atoms with Crippen molar-refractivity contribution in [2.45, 2.75) is 12.5 Å². The molecule has 10 nitrogen and oxygen atoms in total. The summed E-state index contributed by atoms with van der Waals surface area (Å²) >= 11 is 0. The van der Waals surface area contributed by atoms with Crippen LogP contribution in [0.2, 0.25) is 0 Å². The third kappa shape index (κ3) is 4.29. The third-order valence-corrected chi connectivity index (χ3v) is 9.02. The Bertz CT molecular complexity index is 705. The van der Waals surface area contributed by atoms with Gasteiger partial charge in [-0.15, -0.1) is 0 Å². The lowest BCUT2D eigenvalue weighted by atomic mass is 10.1. The molecular formula is C7H13NO9S3. The monoisotopic (exact) mass is 351 g/mol. The van der Waals surface area contributed by atoms with E-state index in [4.69, 9.17) is 4.55 Å². The van der Waals surface area contributed by atoms with Crippen molar-refractivity contribution in [2.24, 2.45) is 0 Å². The van der Waals surface area contributed by atoms with Crippen molar-refractivity contribution in [1.29, 1.82) is 0 Å². The van der Waals surface area contributed by atoms with Crippen LogP contribution in [0.25, 0.3) is 0 Å². The maximum Gasteiger partial charge on any atom is 0.407 e. The molecule has 1 rings (SSSR count). The van der Waals surface area contributed by atoms with E-state index in [0.29, 0.717) is 0 Å². The van der Waals surface area contributed by atoms with Crippen molar-refractivity contribution in [3.8, 4) is 0 Å². The van der Waals surface area contributed by atoms with Gasteiger partial charge in [0, 0.05) is 0 Å². The second-order valence-corrected chi connectivity index (χ2v) is 12.1. The van der Waals surface area contributed by atoms with Crippen molar-refractivity contribution in [3.63, 3.8) is 0 Å². The zero-order valence-corrected chi connectivity index (χ0v) is 12.7. The third-order valence-electron chi connectivity index (χ3n) is 2.40. The highest BCUT2D eigenvalue weighted by Gasteiger charge is 2.43. The molecule has 1 aliphatic heterocycles. The Morgan fingerprint density at radius 3 is 2.10 bits per heavy atom. The molecule has 0 bridgehead atoms. The number of ether oxygens (including phenoxy) is 1. The first-order valence-corrected chi connectivity index (χ1v) is 10.5. The fourth-order valence-electron chi connectivity index (χ4n) is 1.44. The molecule has 1 heterocycles. The molecule has 2 N–H and O–H groups in total. The van der Waals surface area contributed by atoms with E-state index in [1.165, 1.54) is 6.92 Å². The highest BCUT2D eigenvalue weighted by Crippen LogP contribution is 2.18. The Kier molecular flexibility index (Phi) is 4.39. The molecule has 0 aliphatic carbocycles. The summed E-state index contributed by atoms with van der Waals surface area (Å²) in [7, 11) is -14.2. The van der Waals surface area contributed by atoms with E-state index in [2.05, 4.69) is 10.1 Å². The lowest BCUT2D eigenvalue weighted by Gasteiger charge is -2.20. The van der Waals surface area contributed by atoms with Gasteiger partial charge in [0.1, 0.15) is 6.61 Å². The Hall–Kier alpha value is -0.920. The fourth-order valence-corrected chi connectivity index (χ4v) is 7.16. The van der Waals surface area contributed by atoms with E-state index in [0.717, 1.165) is 0 Å². The van der Waals surface area contributed by atoms with Crippen LogP contribution in [-0.2, 0) is 32.6 Å². The lowest BCUT2D eigenvalue weighted by molar-refractivity contribution is 0.174. The number of carbonyl (C=O) groups excluding carboxylic acids is 1. The van der Waals surface area contributed by atoms with Crippen LogP contribution in [0.4, 0.5) is 4.79 Å². The van der Waals surface area contributed by atoms with Crippen LogP contribution >= 0.6 is 0 Å². The zero-order valence-electron chi connectivity index (χ0n) is 10.3. The van der Waals surface area contributed by atoms with Gasteiger partial charge in [0.25, 0.3) is 27.9 Å². The molecule has 1 unspecified atom stereocenters. The van der Waals surface area contributed by atoms with Crippen molar-refractivity contribution in [2.75, 3.05) is 23.9 Å². The number of cyclic esters (lactones) is 1. The number of hydrogen-bond donors (Lipinski definition) is 2. The number of hydrogen-bond acceptors (Lipinski definition) is 8. The summed E-state index contributed by atoms with van der Waals surface area (Å²) in [4.78, 5) is 10.9. The van der Waals surface area contributed by atoms with Gasteiger partial charge < -0.3 is 10.1 Å². The van der Waals surface area contributed by atoms with Gasteiger partial charge in [-0.2, -0.15) is 8.42 Å². The van der Waals surface area contributed by atoms with Crippen LogP contribution in [0.5, 0.6) is 0 Å². The molecule has 13 heteroatoms. The molecular weight excluding hydrogens is 338 g/mol. The zero-order chi connectivity index (χ0) is 15.8.